The van der Waals surface area contributed by atoms with Crippen LogP contribution in [0.3, 0.4) is 0 Å². The van der Waals surface area contributed by atoms with E-state index >= 15 is 0 Å². The van der Waals surface area contributed by atoms with Gasteiger partial charge in [0.1, 0.15) is 5.82 Å². The van der Waals surface area contributed by atoms with Gasteiger partial charge in [0.05, 0.1) is 5.69 Å². The lowest BCUT2D eigenvalue weighted by molar-refractivity contribution is 0.254. The van der Waals surface area contributed by atoms with Crippen molar-refractivity contribution in [3.63, 3.8) is 0 Å². The molecular formula is C19H24N4. The molecule has 23 heavy (non-hydrogen) atoms. The summed E-state index contributed by atoms with van der Waals surface area (Å²) in [6, 6.07) is 13.9. The van der Waals surface area contributed by atoms with Crippen molar-refractivity contribution in [2.45, 2.75) is 44.7 Å². The van der Waals surface area contributed by atoms with Crippen LogP contribution in [0.15, 0.2) is 36.4 Å². The molecule has 0 amide bonds. The third-order valence-corrected chi connectivity index (χ3v) is 5.28. The molecule has 2 aromatic rings. The first-order valence-electron chi connectivity index (χ1n) is 8.70. The van der Waals surface area contributed by atoms with Gasteiger partial charge in [0.2, 0.25) is 0 Å². The second-order valence-electron chi connectivity index (χ2n) is 6.77. The maximum Gasteiger partial charge on any atom is 0.149 e. The highest BCUT2D eigenvalue weighted by Crippen LogP contribution is 2.32. The molecule has 0 aliphatic carbocycles. The lowest BCUT2D eigenvalue weighted by Gasteiger charge is -2.24. The van der Waals surface area contributed by atoms with Crippen molar-refractivity contribution in [2.24, 2.45) is 0 Å². The summed E-state index contributed by atoms with van der Waals surface area (Å²) in [5.74, 6) is 0.893. The molecule has 2 atom stereocenters. The lowest BCUT2D eigenvalue weighted by Crippen LogP contribution is -2.36. The zero-order valence-electron chi connectivity index (χ0n) is 13.7. The fourth-order valence-corrected chi connectivity index (χ4v) is 4.09. The van der Waals surface area contributed by atoms with E-state index in [1.807, 2.05) is 18.2 Å². The Morgan fingerprint density at radius 2 is 2.00 bits per heavy atom. The van der Waals surface area contributed by atoms with Crippen molar-refractivity contribution in [1.29, 1.82) is 0 Å². The van der Waals surface area contributed by atoms with E-state index in [9.17, 15) is 0 Å². The average molecular weight is 308 g/mol. The quantitative estimate of drug-likeness (QED) is 0.938. The van der Waals surface area contributed by atoms with Crippen LogP contribution < -0.4 is 5.32 Å². The topological polar surface area (TPSA) is 41.0 Å². The normalized spacial score (nSPS) is 23.9. The molecular weight excluding hydrogens is 284 g/mol. The van der Waals surface area contributed by atoms with Crippen LogP contribution in [-0.2, 0) is 0 Å². The van der Waals surface area contributed by atoms with Crippen molar-refractivity contribution < 1.29 is 0 Å². The summed E-state index contributed by atoms with van der Waals surface area (Å²) >= 11 is 0. The summed E-state index contributed by atoms with van der Waals surface area (Å²) in [6.07, 6.45) is 5.43. The molecule has 4 rings (SSSR count). The molecule has 2 aliphatic rings. The van der Waals surface area contributed by atoms with Gasteiger partial charge in [-0.25, -0.2) is 0 Å². The molecule has 4 heteroatoms. The van der Waals surface area contributed by atoms with Gasteiger partial charge in [0.15, 0.2) is 0 Å². The van der Waals surface area contributed by atoms with E-state index in [2.05, 4.69) is 45.5 Å². The third-order valence-electron chi connectivity index (χ3n) is 5.28. The minimum Gasteiger partial charge on any atom is -0.367 e. The second-order valence-corrected chi connectivity index (χ2v) is 6.77. The Morgan fingerprint density at radius 3 is 2.83 bits per heavy atom. The Labute approximate surface area is 137 Å². The summed E-state index contributed by atoms with van der Waals surface area (Å²) in [5.41, 5.74) is 3.26. The number of fused-ring (bicyclic) bond motifs is 1. The monoisotopic (exact) mass is 308 g/mol. The van der Waals surface area contributed by atoms with Crippen molar-refractivity contribution >= 4 is 5.82 Å². The lowest BCUT2D eigenvalue weighted by atomic mass is 10.1. The van der Waals surface area contributed by atoms with Gasteiger partial charge in [-0.1, -0.05) is 30.3 Å². The number of hydrogen-bond donors (Lipinski definition) is 1. The third kappa shape index (κ3) is 2.95. The molecule has 0 spiro atoms. The van der Waals surface area contributed by atoms with E-state index in [4.69, 9.17) is 0 Å². The van der Waals surface area contributed by atoms with Crippen LogP contribution in [0.1, 0.15) is 31.2 Å². The zero-order chi connectivity index (χ0) is 15.6. The summed E-state index contributed by atoms with van der Waals surface area (Å²) in [6.45, 7) is 4.36. The maximum absolute atomic E-state index is 4.43. The maximum atomic E-state index is 4.43. The SMILES string of the molecule is Cc1cc(NCC2CCC3CCCN32)nnc1-c1ccccc1. The summed E-state index contributed by atoms with van der Waals surface area (Å²) in [5, 5.41) is 12.3. The Morgan fingerprint density at radius 1 is 1.13 bits per heavy atom. The minimum atomic E-state index is 0.665. The van der Waals surface area contributed by atoms with Crippen LogP contribution in [0.5, 0.6) is 0 Å². The van der Waals surface area contributed by atoms with Crippen molar-refractivity contribution in [1.82, 2.24) is 15.1 Å². The van der Waals surface area contributed by atoms with E-state index in [1.165, 1.54) is 37.8 Å². The first-order valence-corrected chi connectivity index (χ1v) is 8.70. The Balaban J connectivity index is 1.43. The highest BCUT2D eigenvalue weighted by Gasteiger charge is 2.36. The molecule has 4 nitrogen and oxygen atoms in total. The molecule has 0 saturated carbocycles. The number of benzene rings is 1. The molecule has 1 aromatic carbocycles. The summed E-state index contributed by atoms with van der Waals surface area (Å²) in [7, 11) is 0. The Bertz CT molecular complexity index is 670. The molecule has 2 saturated heterocycles. The number of hydrogen-bond acceptors (Lipinski definition) is 4. The fraction of sp³-hybridized carbons (Fsp3) is 0.474. The van der Waals surface area contributed by atoms with Crippen LogP contribution in [0.25, 0.3) is 11.3 Å². The van der Waals surface area contributed by atoms with Crippen molar-refractivity contribution in [2.75, 3.05) is 18.4 Å². The van der Waals surface area contributed by atoms with E-state index in [0.717, 1.165) is 29.7 Å². The number of rotatable bonds is 4. The van der Waals surface area contributed by atoms with E-state index in [-0.39, 0.29) is 0 Å². The molecule has 0 radical (unpaired) electrons. The van der Waals surface area contributed by atoms with Crippen LogP contribution in [0, 0.1) is 6.92 Å². The van der Waals surface area contributed by atoms with Crippen molar-refractivity contribution in [3.05, 3.63) is 42.0 Å². The Hall–Kier alpha value is -1.94. The minimum absolute atomic E-state index is 0.665. The number of nitrogens with one attached hydrogen (secondary N) is 1. The summed E-state index contributed by atoms with van der Waals surface area (Å²) in [4.78, 5) is 2.69. The summed E-state index contributed by atoms with van der Waals surface area (Å²) < 4.78 is 0. The Kier molecular flexibility index (Phi) is 4.00. The van der Waals surface area contributed by atoms with Gasteiger partial charge in [-0.15, -0.1) is 10.2 Å². The molecule has 2 unspecified atom stereocenters. The number of aryl methyl sites for hydroxylation is 1. The van der Waals surface area contributed by atoms with Crippen LogP contribution in [-0.4, -0.2) is 40.3 Å². The van der Waals surface area contributed by atoms with Gasteiger partial charge in [-0.2, -0.15) is 0 Å². The van der Waals surface area contributed by atoms with E-state index < -0.39 is 0 Å². The van der Waals surface area contributed by atoms with Crippen LogP contribution in [0.2, 0.25) is 0 Å². The number of nitrogens with zero attached hydrogens (tertiary/aromatic N) is 3. The molecule has 2 fully saturated rings. The molecule has 120 valence electrons. The molecule has 1 aromatic heterocycles. The highest BCUT2D eigenvalue weighted by molar-refractivity contribution is 5.63. The number of aromatic nitrogens is 2. The smallest absolute Gasteiger partial charge is 0.149 e. The van der Waals surface area contributed by atoms with E-state index in [1.54, 1.807) is 0 Å². The highest BCUT2D eigenvalue weighted by atomic mass is 15.3. The van der Waals surface area contributed by atoms with Crippen LogP contribution in [0.4, 0.5) is 5.82 Å². The predicted octanol–water partition coefficient (Wildman–Crippen LogP) is 3.49. The van der Waals surface area contributed by atoms with E-state index in [0.29, 0.717) is 6.04 Å². The largest absolute Gasteiger partial charge is 0.367 e. The van der Waals surface area contributed by atoms with Crippen LogP contribution >= 0.6 is 0 Å². The molecule has 3 heterocycles. The first-order chi connectivity index (χ1) is 11.3. The predicted molar refractivity (Wildman–Crippen MR) is 93.4 cm³/mol. The number of anilines is 1. The molecule has 2 aliphatic heterocycles. The van der Waals surface area contributed by atoms with Gasteiger partial charge >= 0.3 is 0 Å². The molecule has 1 N–H and O–H groups in total. The second kappa shape index (κ2) is 6.28. The van der Waals surface area contributed by atoms with Gasteiger partial charge in [0.25, 0.3) is 0 Å². The standard InChI is InChI=1S/C19H24N4/c1-14-12-18(21-22-19(14)15-6-3-2-4-7-15)20-13-17-10-9-16-8-5-11-23(16)17/h2-4,6-7,12,16-17H,5,8-11,13H2,1H3,(H,20,21). The van der Waals surface area contributed by atoms with Gasteiger partial charge in [-0.05, 0) is 50.8 Å². The van der Waals surface area contributed by atoms with Crippen molar-refractivity contribution in [3.8, 4) is 11.3 Å². The molecule has 0 bridgehead atoms. The van der Waals surface area contributed by atoms with Gasteiger partial charge in [-0.3, -0.25) is 4.90 Å². The fourth-order valence-electron chi connectivity index (χ4n) is 4.09. The first kappa shape index (κ1) is 14.6. The van der Waals surface area contributed by atoms with Gasteiger partial charge in [0, 0.05) is 24.2 Å². The zero-order valence-corrected chi connectivity index (χ0v) is 13.7. The average Bonchev–Trinajstić information content (AvgIpc) is 3.18. The van der Waals surface area contributed by atoms with Gasteiger partial charge < -0.3 is 5.32 Å².